The topological polar surface area (TPSA) is 188 Å². The first kappa shape index (κ1) is 13.3. The molecule has 0 aromatic carbocycles. The van der Waals surface area contributed by atoms with Gasteiger partial charge in [-0.25, -0.2) is 0 Å². The predicted octanol–water partition coefficient (Wildman–Crippen LogP) is -3.58. The number of hydrogen-bond acceptors (Lipinski definition) is 9. The van der Waals surface area contributed by atoms with Gasteiger partial charge in [-0.15, -0.1) is 0 Å². The van der Waals surface area contributed by atoms with Crippen molar-refractivity contribution in [1.29, 1.82) is 0 Å². The molecule has 0 aliphatic rings. The van der Waals surface area contributed by atoms with Crippen molar-refractivity contribution >= 4 is 0 Å². The normalized spacial score (nSPS) is 16.9. The second kappa shape index (κ2) is 2.32. The number of nitrogens with zero attached hydrogens (tertiary/aromatic N) is 1. The van der Waals surface area contributed by atoms with Crippen LogP contribution in [-0.2, 0) is 15.8 Å². The average Bonchev–Trinajstić information content (AvgIpc) is 1.11. The molecule has 0 fully saturated rings. The molecule has 0 amide bonds. The van der Waals surface area contributed by atoms with Crippen molar-refractivity contribution in [2.45, 2.75) is 0 Å². The molecular formula is H6NO9Pt-3. The summed E-state index contributed by atoms with van der Waals surface area (Å²) < 4.78 is 44.5. The van der Waals surface area contributed by atoms with Crippen LogP contribution in [0.15, 0.2) is 0 Å². The molecule has 0 aromatic rings. The maximum absolute atomic E-state index is 8.25. The van der Waals surface area contributed by atoms with Crippen molar-refractivity contribution < 1.29 is 43.5 Å². The molecule has 0 aliphatic carbocycles. The van der Waals surface area contributed by atoms with Gasteiger partial charge in [0.15, 0.2) is 0 Å². The monoisotopic (exact) mass is 359 g/mol. The minimum atomic E-state index is -8.12. The van der Waals surface area contributed by atoms with Crippen molar-refractivity contribution in [3.05, 3.63) is 15.3 Å². The standard InChI is InChI=1S/NO3.6H2O.Pt/c2-1(3)4;;;;;;;/h;6*1H2;/q-1;;;;;;;+4/p-6. The van der Waals surface area contributed by atoms with E-state index in [-0.39, 0.29) is 0 Å². The Morgan fingerprint density at radius 3 is 0.909 bits per heavy atom. The Labute approximate surface area is 59.5 Å². The van der Waals surface area contributed by atoms with Gasteiger partial charge in [0.1, 0.15) is 0 Å². The Morgan fingerprint density at radius 1 is 0.909 bits per heavy atom. The summed E-state index contributed by atoms with van der Waals surface area (Å²) in [6.07, 6.45) is 0. The Balaban J connectivity index is 0. The van der Waals surface area contributed by atoms with Gasteiger partial charge in [-0.2, -0.15) is 0 Å². The van der Waals surface area contributed by atoms with Gasteiger partial charge in [0.25, 0.3) is 0 Å². The Bertz CT molecular complexity index is 127. The molecule has 0 heterocycles. The minimum absolute atomic E-state index is 1.75. The van der Waals surface area contributed by atoms with Gasteiger partial charge >= 0.3 is 38.4 Å². The fraction of sp³-hybridized carbons (Fsp3) is 0. The first-order valence-corrected chi connectivity index (χ1v) is 7.49. The summed E-state index contributed by atoms with van der Waals surface area (Å²) in [5.41, 5.74) is 0. The molecule has 0 saturated carbocycles. The average molecular weight is 359 g/mol. The molecule has 11 heteroatoms. The van der Waals surface area contributed by atoms with Gasteiger partial charge in [0, 0.05) is 0 Å². The van der Waals surface area contributed by atoms with Crippen LogP contribution in [0.5, 0.6) is 0 Å². The van der Waals surface area contributed by atoms with E-state index in [0.717, 1.165) is 0 Å². The molecule has 0 atom stereocenters. The summed E-state index contributed by atoms with van der Waals surface area (Å²) in [4.78, 5) is 8.25. The van der Waals surface area contributed by atoms with Crippen LogP contribution in [0.2, 0.25) is 0 Å². The van der Waals surface area contributed by atoms with Crippen molar-refractivity contribution in [2.75, 3.05) is 0 Å². The number of rotatable bonds is 0. The fourth-order valence-electron chi connectivity index (χ4n) is 0. The molecule has 0 saturated heterocycles. The van der Waals surface area contributed by atoms with Gasteiger partial charge in [0.05, 0.1) is 5.09 Å². The van der Waals surface area contributed by atoms with Gasteiger partial charge in [0.2, 0.25) is 0 Å². The summed E-state index contributed by atoms with van der Waals surface area (Å²) in [6.45, 7) is 0. The summed E-state index contributed by atoms with van der Waals surface area (Å²) in [5.74, 6) is 0. The van der Waals surface area contributed by atoms with E-state index in [1.807, 2.05) is 0 Å². The second-order valence-corrected chi connectivity index (χ2v) is 7.99. The molecule has 0 spiro atoms. The van der Waals surface area contributed by atoms with E-state index < -0.39 is 20.9 Å². The van der Waals surface area contributed by atoms with Crippen LogP contribution in [0.4, 0.5) is 0 Å². The molecule has 0 unspecified atom stereocenters. The molecule has 6 N–H and O–H groups in total. The first-order valence-electron chi connectivity index (χ1n) is 1.40. The van der Waals surface area contributed by atoms with Gasteiger partial charge < -0.3 is 15.3 Å². The summed E-state index contributed by atoms with van der Waals surface area (Å²) in [5, 5.41) is 14.8. The Morgan fingerprint density at radius 2 is 0.909 bits per heavy atom. The molecule has 0 radical (unpaired) electrons. The third-order valence-electron chi connectivity index (χ3n) is 0. The maximum atomic E-state index is 8.25. The fourth-order valence-corrected chi connectivity index (χ4v) is 0. The zero-order valence-electron chi connectivity index (χ0n) is 4.67. The molecule has 0 rings (SSSR count). The Kier molecular flexibility index (Phi) is 2.79. The van der Waals surface area contributed by atoms with Gasteiger partial charge in [-0.05, 0) is 0 Å². The van der Waals surface area contributed by atoms with E-state index in [1.165, 1.54) is 0 Å². The molecular weight excluding hydrogens is 353 g/mol. The van der Waals surface area contributed by atoms with Gasteiger partial charge in [-0.1, -0.05) is 0 Å². The van der Waals surface area contributed by atoms with Crippen molar-refractivity contribution in [2.24, 2.45) is 0 Å². The van der Waals surface area contributed by atoms with E-state index in [4.69, 9.17) is 37.9 Å². The summed E-state index contributed by atoms with van der Waals surface area (Å²) >= 11 is -8.12. The zero-order chi connectivity index (χ0) is 9.99. The van der Waals surface area contributed by atoms with Gasteiger partial charge in [-0.3, -0.25) is 0 Å². The van der Waals surface area contributed by atoms with Crippen molar-refractivity contribution in [3.63, 3.8) is 0 Å². The van der Waals surface area contributed by atoms with E-state index in [9.17, 15) is 0 Å². The van der Waals surface area contributed by atoms with E-state index in [0.29, 0.717) is 0 Å². The quantitative estimate of drug-likeness (QED) is 0.188. The van der Waals surface area contributed by atoms with Crippen LogP contribution >= 0.6 is 0 Å². The first-order chi connectivity index (χ1) is 4.18. The molecule has 11 heavy (non-hydrogen) atoms. The van der Waals surface area contributed by atoms with Crippen LogP contribution in [0.1, 0.15) is 0 Å². The van der Waals surface area contributed by atoms with Crippen molar-refractivity contribution in [1.82, 2.24) is 0 Å². The van der Waals surface area contributed by atoms with E-state index >= 15 is 0 Å². The van der Waals surface area contributed by atoms with Crippen LogP contribution in [0.3, 0.4) is 0 Å². The third kappa shape index (κ3) is 4560. The molecule has 0 bridgehead atoms. The second-order valence-electron chi connectivity index (χ2n) is 1.17. The van der Waals surface area contributed by atoms with Crippen LogP contribution in [0, 0.1) is 15.3 Å². The predicted molar refractivity (Wildman–Crippen MR) is 23.7 cm³/mol. The third-order valence-corrected chi connectivity index (χ3v) is 0. The van der Waals surface area contributed by atoms with E-state index in [2.05, 4.69) is 0 Å². The zero-order valence-corrected chi connectivity index (χ0v) is 6.94. The van der Waals surface area contributed by atoms with Crippen LogP contribution < -0.4 is 0 Å². The summed E-state index contributed by atoms with van der Waals surface area (Å²) in [6, 6.07) is 0. The Hall–Kier alpha value is -0.352. The SMILES string of the molecule is O=[N+]([O-])[O-].[OH][Pt-2]([OH])([OH])([OH])([OH])[OH]. The van der Waals surface area contributed by atoms with E-state index in [1.54, 1.807) is 0 Å². The number of hydrogen-bond donors (Lipinski definition) is 6. The molecule has 10 nitrogen and oxygen atoms in total. The molecule has 78 valence electrons. The van der Waals surface area contributed by atoms with Crippen molar-refractivity contribution in [3.8, 4) is 0 Å². The molecule has 0 aliphatic heterocycles. The van der Waals surface area contributed by atoms with Crippen LogP contribution in [0.25, 0.3) is 0 Å². The molecule has 0 aromatic heterocycles. The summed E-state index contributed by atoms with van der Waals surface area (Å²) in [7, 11) is 0. The van der Waals surface area contributed by atoms with Crippen LogP contribution in [-0.4, -0.2) is 27.6 Å².